The zero-order valence-corrected chi connectivity index (χ0v) is 21.3. The molecule has 5 aromatic rings. The van der Waals surface area contributed by atoms with Gasteiger partial charge in [-0.25, -0.2) is 4.98 Å². The van der Waals surface area contributed by atoms with Crippen LogP contribution in [-0.2, 0) is 24.4 Å². The van der Waals surface area contributed by atoms with Gasteiger partial charge < -0.3 is 5.32 Å². The van der Waals surface area contributed by atoms with Crippen LogP contribution in [0.5, 0.6) is 0 Å². The molecule has 7 nitrogen and oxygen atoms in total. The Bertz CT molecular complexity index is 1600. The Morgan fingerprint density at radius 3 is 2.42 bits per heavy atom. The maximum Gasteiger partial charge on any atom is 0.262 e. The van der Waals surface area contributed by atoms with Crippen molar-refractivity contribution < 1.29 is 4.79 Å². The minimum absolute atomic E-state index is 0.0893. The maximum atomic E-state index is 13.2. The molecule has 0 unspecified atom stereocenters. The number of carbonyl (C=O) groups excluding carboxylic acids is 1. The first-order chi connectivity index (χ1) is 17.4. The minimum atomic E-state index is -0.246. The van der Waals surface area contributed by atoms with Crippen LogP contribution in [0.3, 0.4) is 0 Å². The van der Waals surface area contributed by atoms with E-state index >= 15 is 0 Å². The quantitative estimate of drug-likeness (QED) is 0.356. The van der Waals surface area contributed by atoms with E-state index in [0.717, 1.165) is 33.0 Å². The molecule has 0 radical (unpaired) electrons. The molecule has 5 rings (SSSR count). The van der Waals surface area contributed by atoms with E-state index in [-0.39, 0.29) is 18.0 Å². The lowest BCUT2D eigenvalue weighted by Crippen LogP contribution is -2.32. The van der Waals surface area contributed by atoms with Crippen molar-refractivity contribution in [3.63, 3.8) is 0 Å². The topological polar surface area (TPSA) is 81.8 Å². The number of nitrogens with zero attached hydrogens (tertiary/aromatic N) is 4. The standard InChI is InChI=1S/C28H27N5O2S/c1-18-25-27(36-26(18)22-12-8-5-9-13-22)30-17-32(28(25)35)16-24(34)29-14-23-19(2)31-33(20(23)3)15-21-10-6-4-7-11-21/h4-13,17H,14-16H2,1-3H3,(H,29,34). The number of aryl methyl sites for hydroxylation is 2. The summed E-state index contributed by atoms with van der Waals surface area (Å²) in [6.07, 6.45) is 1.46. The monoisotopic (exact) mass is 497 g/mol. The molecule has 0 aliphatic carbocycles. The average Bonchev–Trinajstić information content (AvgIpc) is 3.36. The first-order valence-electron chi connectivity index (χ1n) is 11.8. The number of fused-ring (bicyclic) bond motifs is 1. The van der Waals surface area contributed by atoms with Crippen LogP contribution in [0.15, 0.2) is 71.8 Å². The molecule has 8 heteroatoms. The van der Waals surface area contributed by atoms with Gasteiger partial charge >= 0.3 is 0 Å². The van der Waals surface area contributed by atoms with Crippen LogP contribution < -0.4 is 10.9 Å². The molecule has 1 N–H and O–H groups in total. The molecular formula is C28H27N5O2S. The number of amides is 1. The van der Waals surface area contributed by atoms with E-state index in [1.807, 2.05) is 74.0 Å². The Morgan fingerprint density at radius 1 is 1.00 bits per heavy atom. The van der Waals surface area contributed by atoms with Crippen LogP contribution in [0.2, 0.25) is 0 Å². The summed E-state index contributed by atoms with van der Waals surface area (Å²) in [7, 11) is 0. The molecular weight excluding hydrogens is 470 g/mol. The van der Waals surface area contributed by atoms with E-state index in [2.05, 4.69) is 27.5 Å². The molecule has 0 saturated heterocycles. The van der Waals surface area contributed by atoms with Gasteiger partial charge in [-0.05, 0) is 37.5 Å². The maximum absolute atomic E-state index is 13.2. The lowest BCUT2D eigenvalue weighted by atomic mass is 10.1. The van der Waals surface area contributed by atoms with Gasteiger partial charge in [0.05, 0.1) is 24.0 Å². The fourth-order valence-electron chi connectivity index (χ4n) is 4.43. The summed E-state index contributed by atoms with van der Waals surface area (Å²) < 4.78 is 3.34. The summed E-state index contributed by atoms with van der Waals surface area (Å²) in [6, 6.07) is 20.1. The van der Waals surface area contributed by atoms with E-state index in [0.29, 0.717) is 23.3 Å². The largest absolute Gasteiger partial charge is 0.350 e. The van der Waals surface area contributed by atoms with Crippen LogP contribution in [0.4, 0.5) is 0 Å². The Morgan fingerprint density at radius 2 is 1.69 bits per heavy atom. The molecule has 1 amide bonds. The second kappa shape index (κ2) is 9.91. The number of aromatic nitrogens is 4. The summed E-state index contributed by atoms with van der Waals surface area (Å²) in [5.41, 5.74) is 5.80. The third kappa shape index (κ3) is 4.59. The van der Waals surface area contributed by atoms with Crippen LogP contribution in [0, 0.1) is 20.8 Å². The van der Waals surface area contributed by atoms with Gasteiger partial charge in [-0.3, -0.25) is 18.8 Å². The van der Waals surface area contributed by atoms with Gasteiger partial charge in [0.15, 0.2) is 0 Å². The smallest absolute Gasteiger partial charge is 0.262 e. The lowest BCUT2D eigenvalue weighted by molar-refractivity contribution is -0.121. The van der Waals surface area contributed by atoms with Gasteiger partial charge in [0.25, 0.3) is 5.56 Å². The molecule has 0 bridgehead atoms. The fourth-order valence-corrected chi connectivity index (χ4v) is 5.58. The van der Waals surface area contributed by atoms with Crippen molar-refractivity contribution in [1.82, 2.24) is 24.6 Å². The average molecular weight is 498 g/mol. The van der Waals surface area contributed by atoms with Crippen molar-refractivity contribution in [1.29, 1.82) is 0 Å². The van der Waals surface area contributed by atoms with Gasteiger partial charge in [-0.15, -0.1) is 11.3 Å². The Hall–Kier alpha value is -4.04. The Kier molecular flexibility index (Phi) is 6.52. The van der Waals surface area contributed by atoms with E-state index in [4.69, 9.17) is 0 Å². The minimum Gasteiger partial charge on any atom is -0.350 e. The molecule has 3 aromatic heterocycles. The second-order valence-electron chi connectivity index (χ2n) is 8.85. The number of rotatable bonds is 7. The number of thiophene rings is 1. The van der Waals surface area contributed by atoms with Crippen LogP contribution in [0.1, 0.15) is 28.1 Å². The molecule has 182 valence electrons. The molecule has 0 atom stereocenters. The van der Waals surface area contributed by atoms with Gasteiger partial charge in [0, 0.05) is 22.7 Å². The number of nitrogens with one attached hydrogen (secondary N) is 1. The van der Waals surface area contributed by atoms with Crippen LogP contribution >= 0.6 is 11.3 Å². The predicted octanol–water partition coefficient (Wildman–Crippen LogP) is 4.61. The van der Waals surface area contributed by atoms with Crippen molar-refractivity contribution in [2.75, 3.05) is 0 Å². The number of hydrogen-bond donors (Lipinski definition) is 1. The summed E-state index contributed by atoms with van der Waals surface area (Å²) in [6.45, 7) is 6.83. The SMILES string of the molecule is Cc1nn(Cc2ccccc2)c(C)c1CNC(=O)Cn1cnc2sc(-c3ccccc3)c(C)c2c1=O. The van der Waals surface area contributed by atoms with Crippen LogP contribution in [-0.4, -0.2) is 25.2 Å². The highest BCUT2D eigenvalue weighted by atomic mass is 32.1. The second-order valence-corrected chi connectivity index (χ2v) is 9.85. The van der Waals surface area contributed by atoms with E-state index < -0.39 is 0 Å². The highest BCUT2D eigenvalue weighted by molar-refractivity contribution is 7.22. The highest BCUT2D eigenvalue weighted by Gasteiger charge is 2.17. The number of benzene rings is 2. The molecule has 2 aromatic carbocycles. The summed E-state index contributed by atoms with van der Waals surface area (Å²) in [5, 5.41) is 8.18. The molecule has 3 heterocycles. The molecule has 0 aliphatic rings. The molecule has 36 heavy (non-hydrogen) atoms. The highest BCUT2D eigenvalue weighted by Crippen LogP contribution is 2.35. The number of carbonyl (C=O) groups is 1. The van der Waals surface area contributed by atoms with E-state index in [1.165, 1.54) is 27.8 Å². The molecule has 0 aliphatic heterocycles. The van der Waals surface area contributed by atoms with Crippen molar-refractivity contribution in [3.05, 3.63) is 105 Å². The predicted molar refractivity (Wildman–Crippen MR) is 143 cm³/mol. The van der Waals surface area contributed by atoms with Crippen LogP contribution in [0.25, 0.3) is 20.7 Å². The van der Waals surface area contributed by atoms with Gasteiger partial charge in [0.1, 0.15) is 11.4 Å². The third-order valence-electron chi connectivity index (χ3n) is 6.44. The number of hydrogen-bond acceptors (Lipinski definition) is 5. The third-order valence-corrected chi connectivity index (χ3v) is 7.68. The van der Waals surface area contributed by atoms with Gasteiger partial charge in [-0.1, -0.05) is 60.7 Å². The molecule has 0 saturated carbocycles. The molecule has 0 fully saturated rings. The first kappa shape index (κ1) is 23.7. The molecule has 0 spiro atoms. The summed E-state index contributed by atoms with van der Waals surface area (Å²) in [4.78, 5) is 32.2. The van der Waals surface area contributed by atoms with Crippen molar-refractivity contribution in [3.8, 4) is 10.4 Å². The van der Waals surface area contributed by atoms with Crippen molar-refractivity contribution in [2.24, 2.45) is 0 Å². The van der Waals surface area contributed by atoms with Gasteiger partial charge in [0.2, 0.25) is 5.91 Å². The zero-order valence-electron chi connectivity index (χ0n) is 20.5. The Balaban J connectivity index is 1.31. The summed E-state index contributed by atoms with van der Waals surface area (Å²) >= 11 is 1.50. The lowest BCUT2D eigenvalue weighted by Gasteiger charge is -2.09. The van der Waals surface area contributed by atoms with E-state index in [9.17, 15) is 9.59 Å². The van der Waals surface area contributed by atoms with Gasteiger partial charge in [-0.2, -0.15) is 5.10 Å². The Labute approximate surface area is 213 Å². The first-order valence-corrected chi connectivity index (χ1v) is 12.6. The van der Waals surface area contributed by atoms with Crippen molar-refractivity contribution >= 4 is 27.5 Å². The zero-order chi connectivity index (χ0) is 25.2. The van der Waals surface area contributed by atoms with Crippen molar-refractivity contribution in [2.45, 2.75) is 40.4 Å². The summed E-state index contributed by atoms with van der Waals surface area (Å²) in [5.74, 6) is -0.246. The normalized spacial score (nSPS) is 11.2. The fraction of sp³-hybridized carbons (Fsp3) is 0.214. The van der Waals surface area contributed by atoms with E-state index in [1.54, 1.807) is 0 Å².